The molecule has 136 valence electrons. The summed E-state index contributed by atoms with van der Waals surface area (Å²) in [6.45, 7) is 0. The van der Waals surface area contributed by atoms with Gasteiger partial charge in [-0.15, -0.1) is 0 Å². The lowest BCUT2D eigenvalue weighted by Crippen LogP contribution is -2.15. The summed E-state index contributed by atoms with van der Waals surface area (Å²) in [6, 6.07) is 15.1. The van der Waals surface area contributed by atoms with Crippen LogP contribution < -0.4 is 10.6 Å². The number of amides is 1. The van der Waals surface area contributed by atoms with Gasteiger partial charge in [-0.25, -0.2) is 14.8 Å². The highest BCUT2D eigenvalue weighted by atomic mass is 35.5. The highest BCUT2D eigenvalue weighted by molar-refractivity contribution is 6.33. The number of halogens is 1. The second-order valence-electron chi connectivity index (χ2n) is 5.42. The van der Waals surface area contributed by atoms with E-state index in [1.165, 1.54) is 25.6 Å². The molecule has 0 saturated heterocycles. The van der Waals surface area contributed by atoms with Crippen molar-refractivity contribution < 1.29 is 14.3 Å². The topological polar surface area (TPSA) is 93.2 Å². The molecular weight excluding hydrogens is 368 g/mol. The number of carbonyl (C=O) groups is 2. The number of benzene rings is 2. The highest BCUT2D eigenvalue weighted by Crippen LogP contribution is 2.24. The molecule has 0 radical (unpaired) electrons. The van der Waals surface area contributed by atoms with Gasteiger partial charge in [0.1, 0.15) is 17.8 Å². The van der Waals surface area contributed by atoms with Crippen LogP contribution in [0.3, 0.4) is 0 Å². The number of nitrogens with one attached hydrogen (secondary N) is 2. The van der Waals surface area contributed by atoms with E-state index in [4.69, 9.17) is 11.6 Å². The molecule has 1 amide bonds. The van der Waals surface area contributed by atoms with Gasteiger partial charge < -0.3 is 15.4 Å². The minimum absolute atomic E-state index is 0.156. The molecule has 2 N–H and O–H groups in total. The van der Waals surface area contributed by atoms with Crippen molar-refractivity contribution in [3.8, 4) is 0 Å². The number of hydrogen-bond acceptors (Lipinski definition) is 6. The maximum absolute atomic E-state index is 12.5. The number of ether oxygens (including phenoxy) is 1. The Labute approximate surface area is 160 Å². The molecule has 3 aromatic rings. The van der Waals surface area contributed by atoms with Crippen molar-refractivity contribution in [3.63, 3.8) is 0 Å². The van der Waals surface area contributed by atoms with E-state index in [9.17, 15) is 9.59 Å². The van der Waals surface area contributed by atoms with Gasteiger partial charge in [0.15, 0.2) is 0 Å². The molecule has 1 aromatic heterocycles. The van der Waals surface area contributed by atoms with Gasteiger partial charge >= 0.3 is 5.97 Å². The minimum atomic E-state index is -0.487. The third-order valence-electron chi connectivity index (χ3n) is 3.58. The van der Waals surface area contributed by atoms with Crippen molar-refractivity contribution in [1.29, 1.82) is 0 Å². The van der Waals surface area contributed by atoms with Crippen LogP contribution >= 0.6 is 11.6 Å². The van der Waals surface area contributed by atoms with Crippen LogP contribution in [0.4, 0.5) is 17.2 Å². The van der Waals surface area contributed by atoms with Crippen molar-refractivity contribution >= 4 is 40.7 Å². The molecule has 8 heteroatoms. The maximum Gasteiger partial charge on any atom is 0.337 e. The van der Waals surface area contributed by atoms with Crippen molar-refractivity contribution in [2.24, 2.45) is 0 Å². The van der Waals surface area contributed by atoms with Crippen LogP contribution in [0, 0.1) is 0 Å². The number of nitrogens with zero attached hydrogens (tertiary/aromatic N) is 2. The molecule has 0 saturated carbocycles. The SMILES string of the molecule is COC(=O)c1cccc(NC(=O)c2cc(Nc3ccccc3Cl)ncn2)c1. The van der Waals surface area contributed by atoms with E-state index in [0.29, 0.717) is 27.8 Å². The quantitative estimate of drug-likeness (QED) is 0.650. The minimum Gasteiger partial charge on any atom is -0.465 e. The number of methoxy groups -OCH3 is 1. The Hall–Kier alpha value is -3.45. The Morgan fingerprint density at radius 3 is 2.63 bits per heavy atom. The average molecular weight is 383 g/mol. The molecule has 0 unspecified atom stereocenters. The van der Waals surface area contributed by atoms with Crippen LogP contribution in [0.25, 0.3) is 0 Å². The molecule has 7 nitrogen and oxygen atoms in total. The summed E-state index contributed by atoms with van der Waals surface area (Å²) >= 11 is 6.11. The Bertz CT molecular complexity index is 994. The number of aromatic nitrogens is 2. The fourth-order valence-electron chi connectivity index (χ4n) is 2.29. The standard InChI is InChI=1S/C19H15ClN4O3/c1-27-19(26)12-5-4-6-13(9-12)23-18(25)16-10-17(22-11-21-16)24-15-8-3-2-7-14(15)20/h2-11H,1H3,(H,23,25)(H,21,22,24). The summed E-state index contributed by atoms with van der Waals surface area (Å²) in [5, 5.41) is 6.26. The first-order valence-corrected chi connectivity index (χ1v) is 8.28. The van der Waals surface area contributed by atoms with E-state index in [0.717, 1.165) is 0 Å². The zero-order valence-electron chi connectivity index (χ0n) is 14.3. The number of carbonyl (C=O) groups excluding carboxylic acids is 2. The van der Waals surface area contributed by atoms with Crippen LogP contribution in [0.1, 0.15) is 20.8 Å². The number of rotatable bonds is 5. The van der Waals surface area contributed by atoms with E-state index in [1.807, 2.05) is 12.1 Å². The van der Waals surface area contributed by atoms with Gasteiger partial charge in [0.25, 0.3) is 5.91 Å². The first-order valence-electron chi connectivity index (χ1n) is 7.90. The molecule has 3 rings (SSSR count). The summed E-state index contributed by atoms with van der Waals surface area (Å²) in [5.74, 6) is -0.507. The van der Waals surface area contributed by atoms with Crippen molar-refractivity contribution in [2.45, 2.75) is 0 Å². The maximum atomic E-state index is 12.5. The van der Waals surface area contributed by atoms with Gasteiger partial charge in [-0.05, 0) is 30.3 Å². The molecule has 27 heavy (non-hydrogen) atoms. The monoisotopic (exact) mass is 382 g/mol. The van der Waals surface area contributed by atoms with E-state index in [2.05, 4.69) is 25.3 Å². The molecule has 0 spiro atoms. The van der Waals surface area contributed by atoms with Gasteiger partial charge in [0, 0.05) is 11.8 Å². The summed E-state index contributed by atoms with van der Waals surface area (Å²) in [7, 11) is 1.29. The fourth-order valence-corrected chi connectivity index (χ4v) is 2.47. The highest BCUT2D eigenvalue weighted by Gasteiger charge is 2.12. The van der Waals surface area contributed by atoms with Crippen LogP contribution in [0.5, 0.6) is 0 Å². The Balaban J connectivity index is 1.76. The molecule has 0 aliphatic rings. The third kappa shape index (κ3) is 4.59. The molecular formula is C19H15ClN4O3. The van der Waals surface area contributed by atoms with Gasteiger partial charge in [0.05, 0.1) is 23.4 Å². The lowest BCUT2D eigenvalue weighted by molar-refractivity contribution is 0.0600. The van der Waals surface area contributed by atoms with Gasteiger partial charge in [-0.1, -0.05) is 29.8 Å². The predicted octanol–water partition coefficient (Wildman–Crippen LogP) is 3.91. The zero-order valence-corrected chi connectivity index (χ0v) is 15.0. The number of hydrogen-bond donors (Lipinski definition) is 2. The Morgan fingerprint density at radius 1 is 1.04 bits per heavy atom. The number of para-hydroxylation sites is 1. The number of esters is 1. The second-order valence-corrected chi connectivity index (χ2v) is 5.83. The molecule has 2 aromatic carbocycles. The molecule has 1 heterocycles. The normalized spacial score (nSPS) is 10.1. The van der Waals surface area contributed by atoms with Crippen LogP contribution in [-0.4, -0.2) is 29.0 Å². The lowest BCUT2D eigenvalue weighted by atomic mass is 10.2. The molecule has 0 aliphatic carbocycles. The van der Waals surface area contributed by atoms with Gasteiger partial charge in [-0.3, -0.25) is 4.79 Å². The van der Waals surface area contributed by atoms with Crippen molar-refractivity contribution in [3.05, 3.63) is 77.2 Å². The molecule has 0 aliphatic heterocycles. The molecule has 0 atom stereocenters. The van der Waals surface area contributed by atoms with Crippen LogP contribution in [0.15, 0.2) is 60.9 Å². The van der Waals surface area contributed by atoms with E-state index < -0.39 is 11.9 Å². The molecule has 0 bridgehead atoms. The van der Waals surface area contributed by atoms with Crippen LogP contribution in [0.2, 0.25) is 5.02 Å². The summed E-state index contributed by atoms with van der Waals surface area (Å²) in [4.78, 5) is 32.1. The van der Waals surface area contributed by atoms with Gasteiger partial charge in [-0.2, -0.15) is 0 Å². The Morgan fingerprint density at radius 2 is 1.85 bits per heavy atom. The van der Waals surface area contributed by atoms with E-state index in [1.54, 1.807) is 30.3 Å². The number of anilines is 3. The summed E-state index contributed by atoms with van der Waals surface area (Å²) in [5.41, 5.74) is 1.60. The van der Waals surface area contributed by atoms with E-state index in [-0.39, 0.29) is 5.69 Å². The van der Waals surface area contributed by atoms with Gasteiger partial charge in [0.2, 0.25) is 0 Å². The van der Waals surface area contributed by atoms with Crippen molar-refractivity contribution in [1.82, 2.24) is 9.97 Å². The average Bonchev–Trinajstić information content (AvgIpc) is 2.69. The zero-order chi connectivity index (χ0) is 19.2. The fraction of sp³-hybridized carbons (Fsp3) is 0.0526. The summed E-state index contributed by atoms with van der Waals surface area (Å²) in [6.07, 6.45) is 1.28. The first kappa shape index (κ1) is 18.3. The smallest absolute Gasteiger partial charge is 0.337 e. The van der Waals surface area contributed by atoms with Crippen LogP contribution in [-0.2, 0) is 4.74 Å². The molecule has 0 fully saturated rings. The summed E-state index contributed by atoms with van der Waals surface area (Å²) < 4.78 is 4.67. The van der Waals surface area contributed by atoms with E-state index >= 15 is 0 Å². The lowest BCUT2D eigenvalue weighted by Gasteiger charge is -2.09. The first-order chi connectivity index (χ1) is 13.1. The largest absolute Gasteiger partial charge is 0.465 e. The van der Waals surface area contributed by atoms with Crippen molar-refractivity contribution in [2.75, 3.05) is 17.7 Å². The predicted molar refractivity (Wildman–Crippen MR) is 103 cm³/mol. The Kier molecular flexibility index (Phi) is 5.63. The second kappa shape index (κ2) is 8.29. The third-order valence-corrected chi connectivity index (χ3v) is 3.91.